The lowest BCUT2D eigenvalue weighted by Gasteiger charge is -2.20. The van der Waals surface area contributed by atoms with E-state index in [-0.39, 0.29) is 6.54 Å². The van der Waals surface area contributed by atoms with E-state index in [9.17, 15) is 14.4 Å². The number of nitriles is 1. The van der Waals surface area contributed by atoms with Crippen molar-refractivity contribution in [3.05, 3.63) is 12.2 Å². The highest BCUT2D eigenvalue weighted by Crippen LogP contribution is 2.02. The van der Waals surface area contributed by atoms with E-state index in [4.69, 9.17) is 10.4 Å². The van der Waals surface area contributed by atoms with Crippen molar-refractivity contribution in [3.63, 3.8) is 0 Å². The molecule has 1 atom stereocenters. The second-order valence-electron chi connectivity index (χ2n) is 3.37. The highest BCUT2D eigenvalue weighted by Gasteiger charge is 2.24. The molecule has 8 heteroatoms. The minimum absolute atomic E-state index is 0.209. The van der Waals surface area contributed by atoms with E-state index in [1.165, 1.54) is 11.8 Å². The lowest BCUT2D eigenvalue weighted by molar-refractivity contribution is -0.132. The van der Waals surface area contributed by atoms with Crippen LogP contribution in [-0.4, -0.2) is 52.4 Å². The van der Waals surface area contributed by atoms with Crippen molar-refractivity contribution in [2.45, 2.75) is 13.0 Å². The minimum Gasteiger partial charge on any atom is -0.478 e. The van der Waals surface area contributed by atoms with Crippen LogP contribution in [0.25, 0.3) is 0 Å². The fourth-order valence-corrected chi connectivity index (χ4v) is 1.73. The molecular weight excluding hydrogens is 270 g/mol. The van der Waals surface area contributed by atoms with E-state index in [2.05, 4.69) is 5.32 Å². The number of aliphatic carboxylic acids is 1. The van der Waals surface area contributed by atoms with Gasteiger partial charge in [-0.15, -0.1) is 0 Å². The third kappa shape index (κ3) is 6.47. The molecule has 2 N–H and O–H groups in total. The van der Waals surface area contributed by atoms with Crippen LogP contribution in [0.15, 0.2) is 12.2 Å². The van der Waals surface area contributed by atoms with E-state index in [0.29, 0.717) is 11.8 Å². The molecule has 0 aromatic heterocycles. The molecule has 0 saturated carbocycles. The molecule has 104 valence electrons. The van der Waals surface area contributed by atoms with Crippen molar-refractivity contribution in [2.24, 2.45) is 0 Å². The highest BCUT2D eigenvalue weighted by molar-refractivity contribution is 7.98. The number of amides is 2. The van der Waals surface area contributed by atoms with Crippen LogP contribution in [0.4, 0.5) is 0 Å². The van der Waals surface area contributed by atoms with Crippen molar-refractivity contribution in [3.8, 4) is 6.19 Å². The normalized spacial score (nSPS) is 11.6. The largest absolute Gasteiger partial charge is 0.478 e. The maximum absolute atomic E-state index is 11.9. The zero-order chi connectivity index (χ0) is 14.8. The Morgan fingerprint density at radius 2 is 2.11 bits per heavy atom. The Hall–Kier alpha value is -2.01. The third-order valence-electron chi connectivity index (χ3n) is 2.03. The number of thioether (sulfide) groups is 1. The van der Waals surface area contributed by atoms with E-state index < -0.39 is 23.8 Å². The molecule has 0 fully saturated rings. The van der Waals surface area contributed by atoms with Gasteiger partial charge < -0.3 is 10.4 Å². The number of rotatable bonds is 7. The molecule has 1 unspecified atom stereocenters. The van der Waals surface area contributed by atoms with Gasteiger partial charge in [0.2, 0.25) is 5.91 Å². The second-order valence-corrected chi connectivity index (χ2v) is 4.28. The molecule has 2 amide bonds. The lowest BCUT2D eigenvalue weighted by Crippen LogP contribution is -2.48. The molecule has 0 aliphatic carbocycles. The Bertz CT molecular complexity index is 417. The number of carboxylic acids is 1. The Balaban J connectivity index is 4.74. The van der Waals surface area contributed by atoms with Gasteiger partial charge in [0.25, 0.3) is 5.91 Å². The molecule has 7 nitrogen and oxygen atoms in total. The summed E-state index contributed by atoms with van der Waals surface area (Å²) in [7, 11) is 0. The SMILES string of the molecule is CCN(C#N)C(=O)C(CSC)NC(=O)C=CC(=O)O. The number of carbonyl (C=O) groups excluding carboxylic acids is 2. The first-order valence-corrected chi connectivity index (χ1v) is 6.77. The summed E-state index contributed by atoms with van der Waals surface area (Å²) in [6.07, 6.45) is 4.98. The van der Waals surface area contributed by atoms with E-state index >= 15 is 0 Å². The molecule has 0 radical (unpaired) electrons. The number of nitrogens with one attached hydrogen (secondary N) is 1. The fraction of sp³-hybridized carbons (Fsp3) is 0.455. The Morgan fingerprint density at radius 3 is 2.53 bits per heavy atom. The van der Waals surface area contributed by atoms with Gasteiger partial charge in [-0.1, -0.05) is 0 Å². The summed E-state index contributed by atoms with van der Waals surface area (Å²) in [5.41, 5.74) is 0. The Morgan fingerprint density at radius 1 is 1.47 bits per heavy atom. The number of likely N-dealkylation sites (N-methyl/N-ethyl adjacent to an activating group) is 1. The fourth-order valence-electron chi connectivity index (χ4n) is 1.17. The van der Waals surface area contributed by atoms with Crippen molar-refractivity contribution in [1.29, 1.82) is 5.26 Å². The predicted octanol–water partition coefficient (Wildman–Crippen LogP) is -0.195. The van der Waals surface area contributed by atoms with Gasteiger partial charge in [0.1, 0.15) is 6.04 Å². The van der Waals surface area contributed by atoms with E-state index in [1.807, 2.05) is 0 Å². The van der Waals surface area contributed by atoms with Gasteiger partial charge >= 0.3 is 5.97 Å². The number of carbonyl (C=O) groups is 3. The summed E-state index contributed by atoms with van der Waals surface area (Å²) < 4.78 is 0. The monoisotopic (exact) mass is 285 g/mol. The summed E-state index contributed by atoms with van der Waals surface area (Å²) in [5.74, 6) is -2.17. The average Bonchev–Trinajstić information content (AvgIpc) is 2.37. The van der Waals surface area contributed by atoms with Crippen LogP contribution < -0.4 is 5.32 Å². The number of carboxylic acid groups (broad SMARTS) is 1. The molecule has 0 bridgehead atoms. The van der Waals surface area contributed by atoms with Crippen molar-refractivity contribution < 1.29 is 19.5 Å². The molecule has 19 heavy (non-hydrogen) atoms. The zero-order valence-corrected chi connectivity index (χ0v) is 11.4. The van der Waals surface area contributed by atoms with Crippen LogP contribution in [-0.2, 0) is 14.4 Å². The van der Waals surface area contributed by atoms with Gasteiger partial charge in [-0.3, -0.25) is 9.59 Å². The smallest absolute Gasteiger partial charge is 0.328 e. The van der Waals surface area contributed by atoms with Gasteiger partial charge in [-0.2, -0.15) is 17.0 Å². The second kappa shape index (κ2) is 8.99. The molecule has 0 saturated heterocycles. The van der Waals surface area contributed by atoms with Crippen molar-refractivity contribution in [2.75, 3.05) is 18.6 Å². The Kier molecular flexibility index (Phi) is 8.04. The minimum atomic E-state index is -1.25. The van der Waals surface area contributed by atoms with Crippen LogP contribution in [0.2, 0.25) is 0 Å². The molecule has 0 heterocycles. The predicted molar refractivity (Wildman–Crippen MR) is 70.1 cm³/mol. The Labute approximate surface area is 115 Å². The first-order valence-electron chi connectivity index (χ1n) is 5.37. The maximum Gasteiger partial charge on any atom is 0.328 e. The number of hydrogen-bond acceptors (Lipinski definition) is 5. The van der Waals surface area contributed by atoms with Gasteiger partial charge in [-0.25, -0.2) is 9.69 Å². The van der Waals surface area contributed by atoms with E-state index in [0.717, 1.165) is 11.0 Å². The quantitative estimate of drug-likeness (QED) is 0.381. The van der Waals surface area contributed by atoms with Crippen molar-refractivity contribution in [1.82, 2.24) is 10.2 Å². The average molecular weight is 285 g/mol. The van der Waals surface area contributed by atoms with Crippen LogP contribution in [0, 0.1) is 11.5 Å². The molecular formula is C11H15N3O4S. The van der Waals surface area contributed by atoms with Gasteiger partial charge in [-0.05, 0) is 13.2 Å². The first kappa shape index (κ1) is 17.0. The molecule has 0 rings (SSSR count). The first-order chi connectivity index (χ1) is 8.96. The van der Waals surface area contributed by atoms with E-state index in [1.54, 1.807) is 19.4 Å². The molecule has 0 aromatic carbocycles. The van der Waals surface area contributed by atoms with Gasteiger partial charge in [0, 0.05) is 24.4 Å². The lowest BCUT2D eigenvalue weighted by atomic mass is 10.2. The van der Waals surface area contributed by atoms with Crippen molar-refractivity contribution >= 4 is 29.5 Å². The summed E-state index contributed by atoms with van der Waals surface area (Å²) >= 11 is 1.33. The molecule has 0 aliphatic heterocycles. The standard InChI is InChI=1S/C11H15N3O4S/c1-3-14(7-12)11(18)8(6-19-2)13-9(15)4-5-10(16)17/h4-5,8H,3,6H2,1-2H3,(H,13,15)(H,16,17). The van der Waals surface area contributed by atoms with Crippen LogP contribution >= 0.6 is 11.8 Å². The van der Waals surface area contributed by atoms with Crippen LogP contribution in [0.5, 0.6) is 0 Å². The maximum atomic E-state index is 11.9. The molecule has 0 spiro atoms. The third-order valence-corrected chi connectivity index (χ3v) is 2.69. The van der Waals surface area contributed by atoms with Crippen LogP contribution in [0.3, 0.4) is 0 Å². The van der Waals surface area contributed by atoms with Gasteiger partial charge in [0.15, 0.2) is 6.19 Å². The van der Waals surface area contributed by atoms with Gasteiger partial charge in [0.05, 0.1) is 0 Å². The summed E-state index contributed by atoms with van der Waals surface area (Å²) in [5, 5.41) is 19.5. The number of nitrogens with zero attached hydrogens (tertiary/aromatic N) is 2. The molecule has 0 aromatic rings. The number of hydrogen-bond donors (Lipinski definition) is 2. The zero-order valence-electron chi connectivity index (χ0n) is 10.6. The summed E-state index contributed by atoms with van der Waals surface area (Å²) in [4.78, 5) is 34.5. The molecule has 0 aliphatic rings. The topological polar surface area (TPSA) is 111 Å². The van der Waals surface area contributed by atoms with Crippen LogP contribution in [0.1, 0.15) is 6.92 Å². The summed E-state index contributed by atoms with van der Waals surface area (Å²) in [6, 6.07) is -0.861. The highest BCUT2D eigenvalue weighted by atomic mass is 32.2. The summed E-state index contributed by atoms with van der Waals surface area (Å²) in [6.45, 7) is 1.85.